The van der Waals surface area contributed by atoms with Crippen molar-refractivity contribution in [3.05, 3.63) is 302 Å². The van der Waals surface area contributed by atoms with Gasteiger partial charge in [-0.05, 0) is 33.4 Å². The topological polar surface area (TPSA) is 210 Å². The number of benzene rings is 6. The molecule has 6 aromatic carbocycles. The maximum atomic E-state index is 13.7. The summed E-state index contributed by atoms with van der Waals surface area (Å²) in [6, 6.07) is 60.7. The lowest BCUT2D eigenvalue weighted by atomic mass is 10.0. The molecule has 0 aliphatic rings. The third kappa shape index (κ3) is 13.6. The Balaban J connectivity index is 0.000000141. The minimum Gasteiger partial charge on any atom is -0.507 e. The number of hydrogen-bond acceptors (Lipinski definition) is 15. The molecule has 18 nitrogen and oxygen atoms in total. The first-order chi connectivity index (χ1) is 39.9. The van der Waals surface area contributed by atoms with Gasteiger partial charge in [0, 0.05) is 37.1 Å². The summed E-state index contributed by atoms with van der Waals surface area (Å²) in [4.78, 5) is 80.1. The van der Waals surface area contributed by atoms with Gasteiger partial charge in [-0.15, -0.1) is 14.2 Å². The quantitative estimate of drug-likeness (QED) is 0.0904. The van der Waals surface area contributed by atoms with Crippen LogP contribution < -0.4 is 40.7 Å². The van der Waals surface area contributed by atoms with Gasteiger partial charge in [-0.25, -0.2) is 29.9 Å². The van der Waals surface area contributed by atoms with Crippen LogP contribution in [-0.2, 0) is 39.5 Å². The molecule has 6 heterocycles. The number of aromatic nitrogens is 9. The van der Waals surface area contributed by atoms with Crippen LogP contribution in [0.3, 0.4) is 0 Å². The van der Waals surface area contributed by atoms with E-state index in [0.717, 1.165) is 44.2 Å². The maximum absolute atomic E-state index is 13.7. The highest BCUT2D eigenvalue weighted by Crippen LogP contribution is 2.29. The summed E-state index contributed by atoms with van der Waals surface area (Å²) in [5, 5.41) is 11.3. The Kier molecular flexibility index (Phi) is 17.4. The van der Waals surface area contributed by atoms with Crippen LogP contribution in [0.4, 0.5) is 0 Å². The molecule has 0 spiro atoms. The zero-order valence-corrected chi connectivity index (χ0v) is 43.4. The molecule has 0 radical (unpaired) electrons. The van der Waals surface area contributed by atoms with Crippen LogP contribution >= 0.6 is 0 Å². The predicted molar refractivity (Wildman–Crippen MR) is 304 cm³/mol. The highest BCUT2D eigenvalue weighted by Gasteiger charge is 2.22. The third-order valence-corrected chi connectivity index (χ3v) is 12.4. The molecule has 0 fully saturated rings. The number of nitrogens with zero attached hydrogens (tertiary/aromatic N) is 9. The average Bonchev–Trinajstić information content (AvgIpc) is 3.65. The molecule has 12 aromatic rings. The molecule has 81 heavy (non-hydrogen) atoms. The van der Waals surface area contributed by atoms with E-state index < -0.39 is 5.56 Å². The summed E-state index contributed by atoms with van der Waals surface area (Å²) in [6.07, 6.45) is 9.18. The summed E-state index contributed by atoms with van der Waals surface area (Å²) >= 11 is 0. The van der Waals surface area contributed by atoms with Gasteiger partial charge >= 0.3 is 0 Å². The zero-order valence-electron chi connectivity index (χ0n) is 43.4. The molecular weight excluding hydrogens is 1030 g/mol. The molecule has 1 N–H and O–H groups in total. The molecule has 0 saturated heterocycles. The van der Waals surface area contributed by atoms with E-state index in [2.05, 4.69) is 29.9 Å². The van der Waals surface area contributed by atoms with E-state index in [1.165, 1.54) is 40.7 Å². The van der Waals surface area contributed by atoms with Crippen molar-refractivity contribution in [2.45, 2.75) is 39.5 Å². The molecule has 0 aliphatic heterocycles. The highest BCUT2D eigenvalue weighted by molar-refractivity contribution is 5.83. The second kappa shape index (κ2) is 26.4. The molecule has 402 valence electrons. The normalized spacial score (nSPS) is 10.7. The Morgan fingerprint density at radius 3 is 1.21 bits per heavy atom. The van der Waals surface area contributed by atoms with Crippen molar-refractivity contribution in [2.24, 2.45) is 0 Å². The fourth-order valence-electron chi connectivity index (χ4n) is 8.37. The SMILES string of the molecule is O=c1c(Cc2ccccc2)c(OCc2ccccc2)c2cncnc2n1OCc1ccccc1.O=c1cc(O)c2cncnc2n1OCc1ccccc1.O=c1cc(OCc2ccccc2)c2cncnc2n1OCc1ccccc1. The number of ether oxygens (including phenoxy) is 2. The molecule has 0 bridgehead atoms. The van der Waals surface area contributed by atoms with Gasteiger partial charge in [0.1, 0.15) is 69.3 Å². The number of pyridine rings is 3. The third-order valence-electron chi connectivity index (χ3n) is 12.4. The molecule has 0 aliphatic carbocycles. The van der Waals surface area contributed by atoms with Crippen molar-refractivity contribution in [2.75, 3.05) is 0 Å². The molecule has 0 amide bonds. The summed E-state index contributed by atoms with van der Waals surface area (Å²) < 4.78 is 15.6. The fourth-order valence-corrected chi connectivity index (χ4v) is 8.37. The van der Waals surface area contributed by atoms with E-state index in [1.807, 2.05) is 182 Å². The van der Waals surface area contributed by atoms with E-state index in [1.54, 1.807) is 12.4 Å². The van der Waals surface area contributed by atoms with Crippen LogP contribution in [0.2, 0.25) is 0 Å². The summed E-state index contributed by atoms with van der Waals surface area (Å²) in [5.41, 5.74) is 6.19. The Hall–Kier alpha value is -11.0. The van der Waals surface area contributed by atoms with E-state index >= 15 is 0 Å². The van der Waals surface area contributed by atoms with E-state index in [0.29, 0.717) is 64.2 Å². The number of hydrogen-bond donors (Lipinski definition) is 1. The smallest absolute Gasteiger partial charge is 0.292 e. The predicted octanol–water partition coefficient (Wildman–Crippen LogP) is 8.72. The first-order valence-electron chi connectivity index (χ1n) is 25.5. The minimum atomic E-state index is -0.482. The standard InChI is InChI=1S/C28H23N3O3.C21H17N3O3.C14H11N3O3/c32-28-24(16-21-10-4-1-5-11-21)26(33-18-22-12-6-2-7-13-22)25-17-29-20-30-27(25)31(28)34-19-23-14-8-3-9-15-23;25-20-11-19(26-13-16-7-3-1-4-8-16)18-12-22-15-23-21(18)24(20)27-14-17-9-5-2-6-10-17;18-12-6-13(19)17(14-11(12)7-15-9-16-14)20-8-10-4-2-1-3-5-10/h1-15,17,20H,16,18-19H2;1-12,15H,13-14H2;1-7,9,18H,8H2. The van der Waals surface area contributed by atoms with Crippen molar-refractivity contribution >= 4 is 33.1 Å². The van der Waals surface area contributed by atoms with Crippen LogP contribution in [-0.4, -0.2) is 49.2 Å². The number of fused-ring (bicyclic) bond motifs is 3. The first-order valence-corrected chi connectivity index (χ1v) is 25.5. The van der Waals surface area contributed by atoms with Gasteiger partial charge in [0.2, 0.25) is 0 Å². The highest BCUT2D eigenvalue weighted by atomic mass is 16.7. The van der Waals surface area contributed by atoms with Crippen LogP contribution in [0.15, 0.2) is 246 Å². The monoisotopic (exact) mass is 1080 g/mol. The largest absolute Gasteiger partial charge is 0.507 e. The van der Waals surface area contributed by atoms with Gasteiger partial charge in [-0.1, -0.05) is 182 Å². The van der Waals surface area contributed by atoms with Crippen LogP contribution in [0.1, 0.15) is 38.9 Å². The lowest BCUT2D eigenvalue weighted by Crippen LogP contribution is -2.31. The van der Waals surface area contributed by atoms with Gasteiger partial charge < -0.3 is 29.1 Å². The van der Waals surface area contributed by atoms with Crippen LogP contribution in [0, 0.1) is 0 Å². The van der Waals surface area contributed by atoms with Crippen LogP contribution in [0.25, 0.3) is 33.1 Å². The molecule has 6 aromatic heterocycles. The first kappa shape index (κ1) is 53.4. The number of aromatic hydroxyl groups is 1. The van der Waals surface area contributed by atoms with Gasteiger partial charge in [-0.2, -0.15) is 0 Å². The second-order valence-electron chi connectivity index (χ2n) is 18.0. The van der Waals surface area contributed by atoms with Gasteiger partial charge in [0.05, 0.1) is 21.7 Å². The Labute approximate surface area is 462 Å². The Bertz CT molecular complexity index is 4180. The van der Waals surface area contributed by atoms with E-state index in [-0.39, 0.29) is 42.3 Å². The summed E-state index contributed by atoms with van der Waals surface area (Å²) in [6.45, 7) is 1.38. The average molecular weight is 1080 g/mol. The van der Waals surface area contributed by atoms with Crippen molar-refractivity contribution in [1.29, 1.82) is 0 Å². The lowest BCUT2D eigenvalue weighted by Gasteiger charge is -2.18. The van der Waals surface area contributed by atoms with Crippen molar-refractivity contribution in [1.82, 2.24) is 44.1 Å². The Morgan fingerprint density at radius 2 is 0.741 bits per heavy atom. The number of rotatable bonds is 17. The Morgan fingerprint density at radius 1 is 0.383 bits per heavy atom. The summed E-state index contributed by atoms with van der Waals surface area (Å²) in [5.74, 6) is 0.747. The lowest BCUT2D eigenvalue weighted by molar-refractivity contribution is 0.0967. The molecular formula is C63H51N9O9. The van der Waals surface area contributed by atoms with E-state index in [4.69, 9.17) is 24.0 Å². The molecule has 0 atom stereocenters. The molecule has 18 heteroatoms. The van der Waals surface area contributed by atoms with Crippen LogP contribution in [0.5, 0.6) is 17.2 Å². The molecule has 0 unspecified atom stereocenters. The molecule has 12 rings (SSSR count). The van der Waals surface area contributed by atoms with Crippen molar-refractivity contribution in [3.63, 3.8) is 0 Å². The van der Waals surface area contributed by atoms with Gasteiger partial charge in [0.15, 0.2) is 16.9 Å². The summed E-state index contributed by atoms with van der Waals surface area (Å²) in [7, 11) is 0. The van der Waals surface area contributed by atoms with Gasteiger partial charge in [-0.3, -0.25) is 14.4 Å². The minimum absolute atomic E-state index is 0.162. The molecule has 0 saturated carbocycles. The van der Waals surface area contributed by atoms with E-state index in [9.17, 15) is 19.5 Å². The maximum Gasteiger partial charge on any atom is 0.292 e. The second-order valence-corrected chi connectivity index (χ2v) is 18.0. The van der Waals surface area contributed by atoms with Crippen molar-refractivity contribution < 1.29 is 29.1 Å². The van der Waals surface area contributed by atoms with Gasteiger partial charge in [0.25, 0.3) is 16.7 Å². The van der Waals surface area contributed by atoms with Crippen molar-refractivity contribution in [3.8, 4) is 17.2 Å². The fraction of sp³-hybridized carbons (Fsp3) is 0.0952. The zero-order chi connectivity index (χ0) is 55.6.